The Bertz CT molecular complexity index is 2140. The molecule has 5 aromatic rings. The summed E-state index contributed by atoms with van der Waals surface area (Å²) >= 11 is 0. The number of hydrogen-bond acceptors (Lipinski definition) is 4. The lowest BCUT2D eigenvalue weighted by Crippen LogP contribution is -2.68. The van der Waals surface area contributed by atoms with E-state index in [0.29, 0.717) is 49.0 Å². The summed E-state index contributed by atoms with van der Waals surface area (Å²) in [6.45, 7) is 24.3. The second-order valence-corrected chi connectivity index (χ2v) is 17.8. The van der Waals surface area contributed by atoms with Gasteiger partial charge in [-0.1, -0.05) is 78.9 Å². The first kappa shape index (κ1) is 38.8. The average molecular weight is 773 g/mol. The molecule has 0 radical (unpaired) electrons. The van der Waals surface area contributed by atoms with Gasteiger partial charge in [0.1, 0.15) is 37.4 Å². The lowest BCUT2D eigenvalue weighted by molar-refractivity contribution is -0.985. The zero-order chi connectivity index (χ0) is 39.7. The van der Waals surface area contributed by atoms with Gasteiger partial charge in [-0.25, -0.2) is 0 Å². The van der Waals surface area contributed by atoms with Gasteiger partial charge in [0.15, 0.2) is 0 Å². The van der Waals surface area contributed by atoms with Gasteiger partial charge in [-0.3, -0.25) is 9.97 Å². The van der Waals surface area contributed by atoms with Gasteiger partial charge >= 0.3 is 0 Å². The van der Waals surface area contributed by atoms with Crippen molar-refractivity contribution in [2.75, 3.05) is 39.4 Å². The molecule has 0 saturated carbocycles. The van der Waals surface area contributed by atoms with Crippen LogP contribution in [0.1, 0.15) is 60.1 Å². The first-order valence-electron chi connectivity index (χ1n) is 21.6. The number of rotatable bonds is 16. The maximum absolute atomic E-state index is 6.89. The van der Waals surface area contributed by atoms with E-state index in [1.807, 2.05) is 24.5 Å². The van der Waals surface area contributed by atoms with Crippen LogP contribution >= 0.6 is 0 Å². The fourth-order valence-corrected chi connectivity index (χ4v) is 12.2. The number of ether oxygens (including phenoxy) is 2. The smallest absolute Gasteiger partial charge is 0.135 e. The molecule has 0 spiro atoms. The van der Waals surface area contributed by atoms with Crippen LogP contribution in [-0.2, 0) is 22.6 Å². The predicted molar refractivity (Wildman–Crippen MR) is 236 cm³/mol. The van der Waals surface area contributed by atoms with Gasteiger partial charge in [-0.2, -0.15) is 0 Å². The third-order valence-electron chi connectivity index (χ3n) is 14.8. The highest BCUT2D eigenvalue weighted by Gasteiger charge is 2.56. The SMILES string of the molecule is C=CCO[C@H](c1ccnc2ccccc12)[C@H]1C[C@@H]2CC[N@@+]1(Cc1cccc(C[N@@+]34CC[C@@H](C[C@@H]3[C@H](OCC=C)c3ccnc5ccccc35)[C@@H](C=C)C4)c1)C[C@@H]2C=C. The monoisotopic (exact) mass is 772 g/mol. The van der Waals surface area contributed by atoms with Gasteiger partial charge in [0.05, 0.1) is 50.4 Å². The molecule has 0 N–H and O–H groups in total. The van der Waals surface area contributed by atoms with Crippen LogP contribution in [0.2, 0.25) is 0 Å². The van der Waals surface area contributed by atoms with Crippen molar-refractivity contribution in [3.63, 3.8) is 0 Å². The predicted octanol–water partition coefficient (Wildman–Crippen LogP) is 10.5. The van der Waals surface area contributed by atoms with Gasteiger partial charge in [-0.05, 0) is 53.3 Å². The molecule has 4 bridgehead atoms. The van der Waals surface area contributed by atoms with Crippen LogP contribution in [0.15, 0.2) is 148 Å². The van der Waals surface area contributed by atoms with Crippen molar-refractivity contribution in [2.45, 2.75) is 63.1 Å². The van der Waals surface area contributed by atoms with Gasteiger partial charge in [0.25, 0.3) is 0 Å². The first-order valence-corrected chi connectivity index (χ1v) is 21.6. The molecule has 6 fully saturated rings. The van der Waals surface area contributed by atoms with Crippen molar-refractivity contribution in [1.82, 2.24) is 9.97 Å². The molecule has 2 aromatic heterocycles. The van der Waals surface area contributed by atoms with Crippen molar-refractivity contribution in [3.8, 4) is 0 Å². The average Bonchev–Trinajstić information content (AvgIpc) is 3.27. The molecule has 11 rings (SSSR count). The minimum Gasteiger partial charge on any atom is -0.363 e. The summed E-state index contributed by atoms with van der Waals surface area (Å²) in [5.74, 6) is 2.25. The Balaban J connectivity index is 1.07. The van der Waals surface area contributed by atoms with E-state index < -0.39 is 0 Å². The maximum atomic E-state index is 6.89. The van der Waals surface area contributed by atoms with Crippen molar-refractivity contribution < 1.29 is 18.4 Å². The summed E-state index contributed by atoms with van der Waals surface area (Å²) in [6.07, 6.45) is 16.8. The maximum Gasteiger partial charge on any atom is 0.135 e. The van der Waals surface area contributed by atoms with Crippen LogP contribution in [-0.4, -0.2) is 70.4 Å². The van der Waals surface area contributed by atoms with Crippen LogP contribution in [0.3, 0.4) is 0 Å². The Labute approximate surface area is 345 Å². The zero-order valence-corrected chi connectivity index (χ0v) is 34.1. The Morgan fingerprint density at radius 2 is 1.07 bits per heavy atom. The number of hydrogen-bond donors (Lipinski definition) is 0. The van der Waals surface area contributed by atoms with Gasteiger partial charge in [0.2, 0.25) is 0 Å². The highest BCUT2D eigenvalue weighted by atomic mass is 16.5. The fourth-order valence-electron chi connectivity index (χ4n) is 12.2. The molecular weight excluding hydrogens is 713 g/mol. The van der Waals surface area contributed by atoms with E-state index in [2.05, 4.69) is 123 Å². The van der Waals surface area contributed by atoms with Crippen LogP contribution in [0.25, 0.3) is 21.8 Å². The van der Waals surface area contributed by atoms with Gasteiger partial charge in [-0.15, -0.1) is 26.3 Å². The third kappa shape index (κ3) is 7.08. The van der Waals surface area contributed by atoms with Gasteiger partial charge in [0, 0.05) is 71.8 Å². The number of pyridine rings is 2. The summed E-state index contributed by atoms with van der Waals surface area (Å²) in [6, 6.07) is 31.7. The van der Waals surface area contributed by atoms with Crippen molar-refractivity contribution >= 4 is 21.8 Å². The second kappa shape index (κ2) is 16.5. The quantitative estimate of drug-likeness (QED) is 0.0740. The molecule has 58 heavy (non-hydrogen) atoms. The topological polar surface area (TPSA) is 44.2 Å². The van der Waals surface area contributed by atoms with Gasteiger partial charge < -0.3 is 18.4 Å². The highest BCUT2D eigenvalue weighted by Crippen LogP contribution is 2.51. The summed E-state index contributed by atoms with van der Waals surface area (Å²) in [5.41, 5.74) is 7.35. The molecule has 298 valence electrons. The fraction of sp³-hybridized carbons (Fsp3) is 0.385. The third-order valence-corrected chi connectivity index (χ3v) is 14.8. The molecule has 6 heteroatoms. The van der Waals surface area contributed by atoms with Crippen LogP contribution in [0.5, 0.6) is 0 Å². The van der Waals surface area contributed by atoms with Crippen LogP contribution in [0.4, 0.5) is 0 Å². The van der Waals surface area contributed by atoms with E-state index in [0.717, 1.165) is 72.1 Å². The summed E-state index contributed by atoms with van der Waals surface area (Å²) in [5, 5.41) is 2.37. The molecule has 6 aliphatic heterocycles. The first-order chi connectivity index (χ1) is 28.5. The Morgan fingerprint density at radius 1 is 0.603 bits per heavy atom. The minimum atomic E-state index is -0.0658. The van der Waals surface area contributed by atoms with E-state index in [-0.39, 0.29) is 12.2 Å². The highest BCUT2D eigenvalue weighted by molar-refractivity contribution is 5.83. The standard InChI is InChI=1S/C52H60N4O2/c1-5-28-57-51(45-20-24-53-47-18-11-9-16-43(45)47)49-31-41-22-26-55(49,35-39(41)7-3)33-37-14-13-15-38(30-37)34-56-27-23-42(40(8-4)36-56)32-50(56)52(58-29-6-2)46-21-25-54-48-19-12-10-17-44(46)48/h5-21,24-25,30,39-42,49-52H,1-4,22-23,26-29,31-36H2/q+2/t39-,40-,41-,42-,49+,50+,51+,52+,55+,56+/m0/s1. The zero-order valence-electron chi connectivity index (χ0n) is 34.1. The number of quaternary nitrogens is 2. The normalized spacial score (nSPS) is 29.9. The molecule has 10 atom stereocenters. The second-order valence-electron chi connectivity index (χ2n) is 17.8. The Morgan fingerprint density at radius 3 is 1.52 bits per heavy atom. The molecule has 3 aromatic carbocycles. The Kier molecular flexibility index (Phi) is 11.0. The van der Waals surface area contributed by atoms with E-state index in [1.165, 1.54) is 45.9 Å². The Hall–Kier alpha value is -4.72. The van der Waals surface area contributed by atoms with E-state index in [1.54, 1.807) is 0 Å². The lowest BCUT2D eigenvalue weighted by atomic mass is 9.70. The number of piperidine rings is 6. The number of para-hydroxylation sites is 2. The molecule has 6 saturated heterocycles. The summed E-state index contributed by atoms with van der Waals surface area (Å²) in [4.78, 5) is 9.47. The molecule has 8 heterocycles. The number of aromatic nitrogens is 2. The van der Waals surface area contributed by atoms with Crippen LogP contribution < -0.4 is 0 Å². The number of fused-ring (bicyclic) bond motifs is 8. The minimum absolute atomic E-state index is 0.0658. The van der Waals surface area contributed by atoms with Crippen molar-refractivity contribution in [1.29, 1.82) is 0 Å². The molecule has 0 amide bonds. The van der Waals surface area contributed by atoms with E-state index in [9.17, 15) is 0 Å². The molecule has 0 unspecified atom stereocenters. The molecule has 6 nitrogen and oxygen atoms in total. The van der Waals surface area contributed by atoms with Crippen molar-refractivity contribution in [2.24, 2.45) is 23.7 Å². The largest absolute Gasteiger partial charge is 0.363 e. The summed E-state index contributed by atoms with van der Waals surface area (Å²) < 4.78 is 15.8. The van der Waals surface area contributed by atoms with E-state index >= 15 is 0 Å². The van der Waals surface area contributed by atoms with Crippen LogP contribution in [0, 0.1) is 23.7 Å². The molecular formula is C52H60N4O2+2. The summed E-state index contributed by atoms with van der Waals surface area (Å²) in [7, 11) is 0. The van der Waals surface area contributed by atoms with E-state index in [4.69, 9.17) is 19.4 Å². The lowest BCUT2D eigenvalue weighted by Gasteiger charge is -2.59. The number of benzene rings is 3. The molecule has 0 aliphatic carbocycles. The van der Waals surface area contributed by atoms with Crippen molar-refractivity contribution in [3.05, 3.63) is 170 Å². The number of nitrogens with zero attached hydrogens (tertiary/aromatic N) is 4. The molecule has 6 aliphatic rings.